The molecule has 0 bridgehead atoms. The summed E-state index contributed by atoms with van der Waals surface area (Å²) in [5.41, 5.74) is 12.0. The zero-order valence-electron chi connectivity index (χ0n) is 9.98. The van der Waals surface area contributed by atoms with E-state index in [1.165, 1.54) is 22.4 Å². The molecule has 2 heteroatoms. The quantitative estimate of drug-likeness (QED) is 0.754. The van der Waals surface area contributed by atoms with Gasteiger partial charge < -0.3 is 10.6 Å². The van der Waals surface area contributed by atoms with Gasteiger partial charge in [0, 0.05) is 24.5 Å². The molecule has 2 N–H and O–H groups in total. The number of nitrogen functional groups attached to an aromatic ring is 1. The first kappa shape index (κ1) is 10.2. The normalized spacial score (nSPS) is 13.8. The molecule has 2 aromatic rings. The number of nitrogens with zero attached hydrogens (tertiary/aromatic N) is 1. The van der Waals surface area contributed by atoms with E-state index in [-0.39, 0.29) is 0 Å². The van der Waals surface area contributed by atoms with Gasteiger partial charge in [0.1, 0.15) is 0 Å². The standard InChI is InChI=1S/C15H16N2/c1-11-6-14(16)8-15(7-11)17-9-12-4-2-3-5-13(12)10-17/h2-8H,9-10,16H2,1H3. The molecule has 1 aliphatic rings. The predicted octanol–water partition coefficient (Wildman–Crippen LogP) is 3.10. The zero-order chi connectivity index (χ0) is 11.8. The number of hydrogen-bond acceptors (Lipinski definition) is 2. The minimum absolute atomic E-state index is 0.843. The van der Waals surface area contributed by atoms with Crippen LogP contribution in [-0.2, 0) is 13.1 Å². The average molecular weight is 224 g/mol. The van der Waals surface area contributed by atoms with E-state index < -0.39 is 0 Å². The Balaban J connectivity index is 1.93. The van der Waals surface area contributed by atoms with Crippen LogP contribution in [0.3, 0.4) is 0 Å². The van der Waals surface area contributed by atoms with Crippen molar-refractivity contribution in [3.05, 3.63) is 59.2 Å². The maximum absolute atomic E-state index is 5.91. The number of aryl methyl sites for hydroxylation is 1. The fraction of sp³-hybridized carbons (Fsp3) is 0.200. The summed E-state index contributed by atoms with van der Waals surface area (Å²) in [6.45, 7) is 4.06. The first-order chi connectivity index (χ1) is 8.22. The Morgan fingerprint density at radius 3 is 2.24 bits per heavy atom. The van der Waals surface area contributed by atoms with Gasteiger partial charge in [-0.3, -0.25) is 0 Å². The van der Waals surface area contributed by atoms with E-state index in [4.69, 9.17) is 5.73 Å². The molecule has 0 unspecified atom stereocenters. The molecule has 1 aliphatic heterocycles. The van der Waals surface area contributed by atoms with E-state index >= 15 is 0 Å². The van der Waals surface area contributed by atoms with Crippen molar-refractivity contribution in [2.75, 3.05) is 10.6 Å². The summed E-state index contributed by atoms with van der Waals surface area (Å²) in [4.78, 5) is 2.37. The van der Waals surface area contributed by atoms with Gasteiger partial charge in [0.25, 0.3) is 0 Å². The molecule has 0 aliphatic carbocycles. The lowest BCUT2D eigenvalue weighted by Crippen LogP contribution is -2.14. The monoisotopic (exact) mass is 224 g/mol. The fourth-order valence-corrected chi connectivity index (χ4v) is 2.49. The van der Waals surface area contributed by atoms with Crippen molar-refractivity contribution in [1.82, 2.24) is 0 Å². The summed E-state index contributed by atoms with van der Waals surface area (Å²) < 4.78 is 0. The van der Waals surface area contributed by atoms with E-state index in [1.807, 2.05) is 6.07 Å². The van der Waals surface area contributed by atoms with Crippen LogP contribution in [-0.4, -0.2) is 0 Å². The molecule has 17 heavy (non-hydrogen) atoms. The van der Waals surface area contributed by atoms with E-state index in [0.717, 1.165) is 18.8 Å². The molecular formula is C15H16N2. The minimum atomic E-state index is 0.843. The Labute approximate surface area is 102 Å². The lowest BCUT2D eigenvalue weighted by molar-refractivity contribution is 0.880. The Bertz CT molecular complexity index is 515. The third-order valence-electron chi connectivity index (χ3n) is 3.29. The Morgan fingerprint density at radius 2 is 1.65 bits per heavy atom. The van der Waals surface area contributed by atoms with Gasteiger partial charge in [-0.1, -0.05) is 24.3 Å². The SMILES string of the molecule is Cc1cc(N)cc(N2Cc3ccccc3C2)c1. The molecule has 0 saturated carbocycles. The molecule has 1 heterocycles. The maximum Gasteiger partial charge on any atom is 0.0436 e. The lowest BCUT2D eigenvalue weighted by Gasteiger charge is -2.18. The van der Waals surface area contributed by atoms with Gasteiger partial charge in [-0.15, -0.1) is 0 Å². The third kappa shape index (κ3) is 1.86. The first-order valence-electron chi connectivity index (χ1n) is 5.91. The van der Waals surface area contributed by atoms with Gasteiger partial charge in [-0.05, 0) is 41.8 Å². The van der Waals surface area contributed by atoms with E-state index in [9.17, 15) is 0 Å². The van der Waals surface area contributed by atoms with Crippen molar-refractivity contribution >= 4 is 11.4 Å². The van der Waals surface area contributed by atoms with Crippen LogP contribution in [0.15, 0.2) is 42.5 Å². The van der Waals surface area contributed by atoms with Crippen LogP contribution in [0.25, 0.3) is 0 Å². The number of nitrogens with two attached hydrogens (primary N) is 1. The van der Waals surface area contributed by atoms with Crippen molar-refractivity contribution in [1.29, 1.82) is 0 Å². The largest absolute Gasteiger partial charge is 0.399 e. The molecular weight excluding hydrogens is 208 g/mol. The second kappa shape index (κ2) is 3.81. The highest BCUT2D eigenvalue weighted by Crippen LogP contribution is 2.29. The number of hydrogen-bond donors (Lipinski definition) is 1. The molecule has 0 aromatic heterocycles. The highest BCUT2D eigenvalue weighted by Gasteiger charge is 2.18. The fourth-order valence-electron chi connectivity index (χ4n) is 2.49. The number of anilines is 2. The summed E-state index contributed by atoms with van der Waals surface area (Å²) >= 11 is 0. The smallest absolute Gasteiger partial charge is 0.0436 e. The highest BCUT2D eigenvalue weighted by atomic mass is 15.1. The van der Waals surface area contributed by atoms with Crippen molar-refractivity contribution in [3.8, 4) is 0 Å². The second-order valence-corrected chi connectivity index (χ2v) is 4.73. The van der Waals surface area contributed by atoms with Crippen LogP contribution in [0.2, 0.25) is 0 Å². The molecule has 0 radical (unpaired) electrons. The molecule has 0 spiro atoms. The van der Waals surface area contributed by atoms with Crippen LogP contribution in [0, 0.1) is 6.92 Å². The van der Waals surface area contributed by atoms with Crippen LogP contribution in [0.1, 0.15) is 16.7 Å². The van der Waals surface area contributed by atoms with Crippen LogP contribution in [0.5, 0.6) is 0 Å². The van der Waals surface area contributed by atoms with Crippen molar-refractivity contribution in [3.63, 3.8) is 0 Å². The molecule has 2 nitrogen and oxygen atoms in total. The van der Waals surface area contributed by atoms with Crippen molar-refractivity contribution in [2.24, 2.45) is 0 Å². The van der Waals surface area contributed by atoms with Gasteiger partial charge in [-0.2, -0.15) is 0 Å². The maximum atomic E-state index is 5.91. The zero-order valence-corrected chi connectivity index (χ0v) is 9.98. The summed E-state index contributed by atoms with van der Waals surface area (Å²) in [6, 6.07) is 14.9. The summed E-state index contributed by atoms with van der Waals surface area (Å²) in [5.74, 6) is 0. The Morgan fingerprint density at radius 1 is 1.00 bits per heavy atom. The first-order valence-corrected chi connectivity index (χ1v) is 5.91. The summed E-state index contributed by atoms with van der Waals surface area (Å²) in [6.07, 6.45) is 0. The van der Waals surface area contributed by atoms with Gasteiger partial charge in [0.05, 0.1) is 0 Å². The summed E-state index contributed by atoms with van der Waals surface area (Å²) in [7, 11) is 0. The number of rotatable bonds is 1. The van der Waals surface area contributed by atoms with Crippen LogP contribution in [0.4, 0.5) is 11.4 Å². The van der Waals surface area contributed by atoms with Gasteiger partial charge in [0.2, 0.25) is 0 Å². The van der Waals surface area contributed by atoms with Crippen LogP contribution >= 0.6 is 0 Å². The van der Waals surface area contributed by atoms with E-state index in [2.05, 4.69) is 48.2 Å². The predicted molar refractivity (Wildman–Crippen MR) is 71.9 cm³/mol. The summed E-state index contributed by atoms with van der Waals surface area (Å²) in [5, 5.41) is 0. The highest BCUT2D eigenvalue weighted by molar-refractivity contribution is 5.60. The molecule has 3 rings (SSSR count). The van der Waals surface area contributed by atoms with Gasteiger partial charge >= 0.3 is 0 Å². The van der Waals surface area contributed by atoms with Crippen LogP contribution < -0.4 is 10.6 Å². The van der Waals surface area contributed by atoms with E-state index in [1.54, 1.807) is 0 Å². The van der Waals surface area contributed by atoms with Gasteiger partial charge in [-0.25, -0.2) is 0 Å². The number of benzene rings is 2. The second-order valence-electron chi connectivity index (χ2n) is 4.73. The molecule has 0 saturated heterocycles. The van der Waals surface area contributed by atoms with Crippen molar-refractivity contribution in [2.45, 2.75) is 20.0 Å². The molecule has 0 amide bonds. The molecule has 0 fully saturated rings. The van der Waals surface area contributed by atoms with Gasteiger partial charge in [0.15, 0.2) is 0 Å². The van der Waals surface area contributed by atoms with Crippen molar-refractivity contribution < 1.29 is 0 Å². The molecule has 86 valence electrons. The lowest BCUT2D eigenvalue weighted by atomic mass is 10.1. The Hall–Kier alpha value is -1.96. The topological polar surface area (TPSA) is 29.3 Å². The molecule has 2 aromatic carbocycles. The Kier molecular flexibility index (Phi) is 2.29. The van der Waals surface area contributed by atoms with E-state index in [0.29, 0.717) is 0 Å². The molecule has 0 atom stereocenters. The third-order valence-corrected chi connectivity index (χ3v) is 3.29. The minimum Gasteiger partial charge on any atom is -0.399 e. The average Bonchev–Trinajstić information content (AvgIpc) is 2.71. The number of fused-ring (bicyclic) bond motifs is 1.